The van der Waals surface area contributed by atoms with Crippen molar-refractivity contribution in [3.05, 3.63) is 23.7 Å². The Bertz CT molecular complexity index is 392. The quantitative estimate of drug-likeness (QED) is 0.860. The molecule has 0 aliphatic carbocycles. The summed E-state index contributed by atoms with van der Waals surface area (Å²) in [5.74, 6) is 1.04. The zero-order valence-electron chi connectivity index (χ0n) is 9.03. The fourth-order valence-corrected chi connectivity index (χ4v) is 1.96. The van der Waals surface area contributed by atoms with E-state index in [2.05, 4.69) is 45.7 Å². The first-order valence-electron chi connectivity index (χ1n) is 5.10. The molecule has 0 saturated heterocycles. The third-order valence-corrected chi connectivity index (χ3v) is 3.05. The number of aromatic nitrogens is 2. The molecule has 2 aromatic heterocycles. The average Bonchev–Trinajstić information content (AvgIpc) is 2.16. The average molecular weight is 221 g/mol. The molecule has 0 saturated carbocycles. The minimum atomic E-state index is 1.04. The zero-order chi connectivity index (χ0) is 10.7. The van der Waals surface area contributed by atoms with Crippen molar-refractivity contribution in [2.75, 3.05) is 18.5 Å². The number of rotatable bonds is 4. The van der Waals surface area contributed by atoms with Crippen molar-refractivity contribution < 1.29 is 0 Å². The fraction of sp³-hybridized carbons (Fsp3) is 0.364. The van der Waals surface area contributed by atoms with E-state index in [1.807, 2.05) is 6.20 Å². The molecule has 0 spiro atoms. The number of aromatic amines is 1. The molecule has 0 unspecified atom stereocenters. The molecule has 0 aromatic carbocycles. The van der Waals surface area contributed by atoms with Gasteiger partial charge in [0.1, 0.15) is 5.82 Å². The van der Waals surface area contributed by atoms with Gasteiger partial charge in [0.25, 0.3) is 0 Å². The maximum Gasteiger partial charge on any atom is 0.128 e. The number of nitrogens with one attached hydrogen (secondary N) is 1. The maximum atomic E-state index is 4.44. The molecule has 15 heavy (non-hydrogen) atoms. The minimum Gasteiger partial charge on any atom is -0.360 e. The highest BCUT2D eigenvalue weighted by Crippen LogP contribution is 2.21. The summed E-state index contributed by atoms with van der Waals surface area (Å²) in [6.45, 7) is 3.22. The summed E-state index contributed by atoms with van der Waals surface area (Å²) in [5, 5.41) is 2.09. The Morgan fingerprint density at radius 3 is 2.73 bits per heavy atom. The van der Waals surface area contributed by atoms with Gasteiger partial charge in [-0.15, -0.1) is 0 Å². The van der Waals surface area contributed by atoms with Crippen LogP contribution in [0.1, 0.15) is 13.3 Å². The summed E-state index contributed by atoms with van der Waals surface area (Å²) in [6, 6.07) is 4.17. The molecule has 3 nitrogen and oxygen atoms in total. The summed E-state index contributed by atoms with van der Waals surface area (Å²) in [4.78, 5) is 6.60. The Hall–Kier alpha value is -1.29. The summed E-state index contributed by atoms with van der Waals surface area (Å²) < 4.78 is 3.16. The van der Waals surface area contributed by atoms with Crippen LogP contribution in [0.2, 0.25) is 0 Å². The minimum absolute atomic E-state index is 1.04. The van der Waals surface area contributed by atoms with Crippen LogP contribution in [-0.2, 0) is 0 Å². The van der Waals surface area contributed by atoms with Crippen LogP contribution >= 0.6 is 11.5 Å². The second kappa shape index (κ2) is 4.49. The predicted molar refractivity (Wildman–Crippen MR) is 65.5 cm³/mol. The highest BCUT2D eigenvalue weighted by Gasteiger charge is 2.03. The first kappa shape index (κ1) is 10.2. The number of nitrogens with zero attached hydrogens (tertiary/aromatic N) is 2. The molecular formula is C11H15N3S. The van der Waals surface area contributed by atoms with Gasteiger partial charge in [-0.05, 0) is 18.6 Å². The van der Waals surface area contributed by atoms with E-state index >= 15 is 0 Å². The molecule has 4 heteroatoms. The first-order valence-corrected chi connectivity index (χ1v) is 5.98. The molecule has 1 N–H and O–H groups in total. The van der Waals surface area contributed by atoms with Crippen LogP contribution in [0.5, 0.6) is 0 Å². The van der Waals surface area contributed by atoms with Crippen molar-refractivity contribution in [2.45, 2.75) is 13.3 Å². The molecule has 2 rings (SSSR count). The SMILES string of the molecule is CCCN(C)c1ccc(-c2cs[nH]2)cn1. The Kier molecular flexibility index (Phi) is 3.06. The van der Waals surface area contributed by atoms with E-state index in [4.69, 9.17) is 0 Å². The molecule has 0 fully saturated rings. The van der Waals surface area contributed by atoms with Crippen molar-refractivity contribution >= 4 is 17.4 Å². The number of anilines is 1. The van der Waals surface area contributed by atoms with Crippen LogP contribution in [0, 0.1) is 0 Å². The van der Waals surface area contributed by atoms with Gasteiger partial charge in [0.15, 0.2) is 0 Å². The highest BCUT2D eigenvalue weighted by molar-refractivity contribution is 7.05. The second-order valence-electron chi connectivity index (χ2n) is 3.58. The van der Waals surface area contributed by atoms with E-state index in [1.54, 1.807) is 11.5 Å². The van der Waals surface area contributed by atoms with Crippen molar-refractivity contribution in [3.8, 4) is 11.3 Å². The smallest absolute Gasteiger partial charge is 0.128 e. The van der Waals surface area contributed by atoms with E-state index in [-0.39, 0.29) is 0 Å². The molecule has 0 atom stereocenters. The van der Waals surface area contributed by atoms with E-state index in [0.717, 1.165) is 30.0 Å². The van der Waals surface area contributed by atoms with Gasteiger partial charge in [0, 0.05) is 30.7 Å². The number of hydrogen-bond acceptors (Lipinski definition) is 3. The van der Waals surface area contributed by atoms with Gasteiger partial charge in [0.05, 0.1) is 5.69 Å². The number of hydrogen-bond donors (Lipinski definition) is 1. The van der Waals surface area contributed by atoms with Gasteiger partial charge in [-0.25, -0.2) is 4.98 Å². The molecule has 0 aliphatic rings. The summed E-state index contributed by atoms with van der Waals surface area (Å²) in [7, 11) is 2.07. The molecule has 80 valence electrons. The lowest BCUT2D eigenvalue weighted by Crippen LogP contribution is -2.18. The predicted octanol–water partition coefficient (Wildman–Crippen LogP) is 2.98. The molecular weight excluding hydrogens is 206 g/mol. The third-order valence-electron chi connectivity index (χ3n) is 2.35. The Morgan fingerprint density at radius 2 is 2.27 bits per heavy atom. The number of pyridine rings is 1. The first-order chi connectivity index (χ1) is 7.31. The third kappa shape index (κ3) is 2.21. The van der Waals surface area contributed by atoms with Gasteiger partial charge in [-0.3, -0.25) is 0 Å². The fourth-order valence-electron chi connectivity index (χ4n) is 1.47. The monoisotopic (exact) mass is 221 g/mol. The van der Waals surface area contributed by atoms with Crippen LogP contribution in [0.15, 0.2) is 23.7 Å². The van der Waals surface area contributed by atoms with E-state index in [0.29, 0.717) is 0 Å². The maximum absolute atomic E-state index is 4.44. The van der Waals surface area contributed by atoms with Gasteiger partial charge in [0.2, 0.25) is 0 Å². The van der Waals surface area contributed by atoms with Crippen molar-refractivity contribution in [1.82, 2.24) is 9.36 Å². The summed E-state index contributed by atoms with van der Waals surface area (Å²) >= 11 is 1.61. The normalized spacial score (nSPS) is 10.5. The largest absolute Gasteiger partial charge is 0.360 e. The van der Waals surface area contributed by atoms with Crippen molar-refractivity contribution in [2.24, 2.45) is 0 Å². The molecule has 0 aliphatic heterocycles. The van der Waals surface area contributed by atoms with Crippen molar-refractivity contribution in [1.29, 1.82) is 0 Å². The van der Waals surface area contributed by atoms with Gasteiger partial charge in [-0.1, -0.05) is 18.5 Å². The number of H-pyrrole nitrogens is 1. The van der Waals surface area contributed by atoms with Gasteiger partial charge in [-0.2, -0.15) is 0 Å². The topological polar surface area (TPSA) is 31.9 Å². The molecule has 0 bridgehead atoms. The van der Waals surface area contributed by atoms with E-state index in [1.165, 1.54) is 0 Å². The lowest BCUT2D eigenvalue weighted by molar-refractivity contribution is 0.838. The van der Waals surface area contributed by atoms with Crippen LogP contribution in [-0.4, -0.2) is 22.9 Å². The van der Waals surface area contributed by atoms with Gasteiger partial charge < -0.3 is 9.27 Å². The van der Waals surface area contributed by atoms with Crippen LogP contribution in [0.3, 0.4) is 0 Å². The highest BCUT2D eigenvalue weighted by atomic mass is 32.1. The summed E-state index contributed by atoms with van der Waals surface area (Å²) in [5.41, 5.74) is 2.32. The Labute approximate surface area is 93.9 Å². The molecule has 2 heterocycles. The standard InChI is InChI=1S/C11H15N3S/c1-3-6-14(2)11-5-4-9(7-12-11)10-8-15-13-10/h4-5,7-8,13H,3,6H2,1-2H3. The van der Waals surface area contributed by atoms with Crippen LogP contribution < -0.4 is 4.90 Å². The second-order valence-corrected chi connectivity index (χ2v) is 4.25. The van der Waals surface area contributed by atoms with Gasteiger partial charge >= 0.3 is 0 Å². The Morgan fingerprint density at radius 1 is 1.47 bits per heavy atom. The Balaban J connectivity index is 2.12. The van der Waals surface area contributed by atoms with Crippen LogP contribution in [0.25, 0.3) is 11.3 Å². The molecule has 0 radical (unpaired) electrons. The lowest BCUT2D eigenvalue weighted by Gasteiger charge is -2.17. The van der Waals surface area contributed by atoms with Crippen LogP contribution in [0.4, 0.5) is 5.82 Å². The van der Waals surface area contributed by atoms with E-state index < -0.39 is 0 Å². The van der Waals surface area contributed by atoms with E-state index in [9.17, 15) is 0 Å². The molecule has 2 aromatic rings. The molecule has 0 amide bonds. The zero-order valence-corrected chi connectivity index (χ0v) is 9.84. The lowest BCUT2D eigenvalue weighted by atomic mass is 10.2. The van der Waals surface area contributed by atoms with Crippen molar-refractivity contribution in [3.63, 3.8) is 0 Å². The summed E-state index contributed by atoms with van der Waals surface area (Å²) in [6.07, 6.45) is 3.06.